The maximum Gasteiger partial charge on any atom is 0.144 e. The summed E-state index contributed by atoms with van der Waals surface area (Å²) in [6, 6.07) is 20.0. The summed E-state index contributed by atoms with van der Waals surface area (Å²) >= 11 is 0. The lowest BCUT2D eigenvalue weighted by molar-refractivity contribution is 0.359. The summed E-state index contributed by atoms with van der Waals surface area (Å²) in [5, 5.41) is 1.96. The number of rotatable bonds is 5. The van der Waals surface area contributed by atoms with E-state index >= 15 is 0 Å². The average molecular weight is 299 g/mol. The monoisotopic (exact) mass is 299 g/mol. The minimum absolute atomic E-state index is 0.737. The fourth-order valence-electron chi connectivity index (χ4n) is 3.03. The molecule has 0 N–H and O–H groups in total. The lowest BCUT2D eigenvalue weighted by atomic mass is 10.4. The van der Waals surface area contributed by atoms with Crippen molar-refractivity contribution >= 4 is 17.8 Å². The van der Waals surface area contributed by atoms with E-state index in [2.05, 4.69) is 4.90 Å². The largest absolute Gasteiger partial charge is 0.314 e. The summed E-state index contributed by atoms with van der Waals surface area (Å²) in [5.41, 5.74) is 0. The highest BCUT2D eigenvalue weighted by Crippen LogP contribution is 2.43. The molecule has 3 rings (SSSR count). The van der Waals surface area contributed by atoms with Crippen LogP contribution < -0.4 is 10.6 Å². The van der Waals surface area contributed by atoms with Crippen molar-refractivity contribution < 1.29 is 4.57 Å². The first kappa shape index (κ1) is 14.6. The molecule has 1 saturated heterocycles. The Morgan fingerprint density at radius 3 is 1.76 bits per heavy atom. The van der Waals surface area contributed by atoms with Crippen molar-refractivity contribution in [2.75, 3.05) is 25.8 Å². The van der Waals surface area contributed by atoms with Crippen LogP contribution in [0.25, 0.3) is 0 Å². The molecule has 0 atom stereocenters. The molecule has 110 valence electrons. The van der Waals surface area contributed by atoms with E-state index in [1.807, 2.05) is 60.7 Å². The van der Waals surface area contributed by atoms with Crippen molar-refractivity contribution in [2.45, 2.75) is 12.8 Å². The minimum Gasteiger partial charge on any atom is -0.314 e. The molecule has 1 aliphatic rings. The van der Waals surface area contributed by atoms with E-state index < -0.39 is 7.14 Å². The van der Waals surface area contributed by atoms with Gasteiger partial charge in [-0.15, -0.1) is 0 Å². The van der Waals surface area contributed by atoms with E-state index in [0.717, 1.165) is 36.4 Å². The van der Waals surface area contributed by atoms with Gasteiger partial charge in [-0.05, 0) is 25.9 Å². The summed E-state index contributed by atoms with van der Waals surface area (Å²) < 4.78 is 13.7. The van der Waals surface area contributed by atoms with E-state index in [4.69, 9.17) is 0 Å². The quantitative estimate of drug-likeness (QED) is 0.791. The summed E-state index contributed by atoms with van der Waals surface area (Å²) in [5.74, 6) is 0. The zero-order valence-corrected chi connectivity index (χ0v) is 13.2. The Morgan fingerprint density at radius 1 is 0.810 bits per heavy atom. The third-order valence-electron chi connectivity index (χ3n) is 4.28. The van der Waals surface area contributed by atoms with Gasteiger partial charge in [-0.1, -0.05) is 60.7 Å². The highest BCUT2D eigenvalue weighted by Gasteiger charge is 2.27. The first-order chi connectivity index (χ1) is 10.3. The van der Waals surface area contributed by atoms with Crippen LogP contribution >= 0.6 is 7.14 Å². The van der Waals surface area contributed by atoms with E-state index in [9.17, 15) is 4.57 Å². The van der Waals surface area contributed by atoms with Crippen molar-refractivity contribution in [3.8, 4) is 0 Å². The summed E-state index contributed by atoms with van der Waals surface area (Å²) in [6.07, 6.45) is 3.29. The van der Waals surface area contributed by atoms with E-state index in [1.54, 1.807) is 0 Å². The Bertz CT molecular complexity index is 562. The van der Waals surface area contributed by atoms with Crippen LogP contribution in [-0.4, -0.2) is 30.7 Å². The SMILES string of the molecule is O=P(CCN1CCCC1)(c1ccccc1)c1ccccc1. The zero-order valence-electron chi connectivity index (χ0n) is 12.3. The number of nitrogens with zero attached hydrogens (tertiary/aromatic N) is 1. The second-order valence-electron chi connectivity index (χ2n) is 5.68. The van der Waals surface area contributed by atoms with E-state index in [-0.39, 0.29) is 0 Å². The third-order valence-corrected chi connectivity index (χ3v) is 7.37. The Kier molecular flexibility index (Phi) is 4.57. The molecule has 0 aromatic heterocycles. The Morgan fingerprint density at radius 2 is 1.29 bits per heavy atom. The fraction of sp³-hybridized carbons (Fsp3) is 0.333. The number of hydrogen-bond acceptors (Lipinski definition) is 2. The lowest BCUT2D eigenvalue weighted by Crippen LogP contribution is -2.28. The van der Waals surface area contributed by atoms with Gasteiger partial charge in [0, 0.05) is 23.3 Å². The number of benzene rings is 2. The Hall–Kier alpha value is -1.37. The van der Waals surface area contributed by atoms with Gasteiger partial charge in [0.2, 0.25) is 0 Å². The Balaban J connectivity index is 1.89. The second kappa shape index (κ2) is 6.60. The normalized spacial score (nSPS) is 16.2. The van der Waals surface area contributed by atoms with Gasteiger partial charge < -0.3 is 9.46 Å². The molecule has 0 bridgehead atoms. The molecule has 2 nitrogen and oxygen atoms in total. The zero-order chi connectivity index (χ0) is 14.5. The molecule has 1 heterocycles. The van der Waals surface area contributed by atoms with Crippen LogP contribution in [0.15, 0.2) is 60.7 Å². The molecule has 2 aromatic rings. The summed E-state index contributed by atoms with van der Waals surface area (Å²) in [7, 11) is -2.52. The number of hydrogen-bond donors (Lipinski definition) is 0. The average Bonchev–Trinajstić information content (AvgIpc) is 3.08. The molecule has 0 radical (unpaired) electrons. The first-order valence-electron chi connectivity index (χ1n) is 7.72. The topological polar surface area (TPSA) is 20.3 Å². The predicted octanol–water partition coefficient (Wildman–Crippen LogP) is 3.10. The van der Waals surface area contributed by atoms with Gasteiger partial charge in [-0.25, -0.2) is 0 Å². The van der Waals surface area contributed by atoms with Crippen LogP contribution in [0.1, 0.15) is 12.8 Å². The van der Waals surface area contributed by atoms with Gasteiger partial charge in [0.25, 0.3) is 0 Å². The molecule has 1 aliphatic heterocycles. The van der Waals surface area contributed by atoms with Gasteiger partial charge in [0.1, 0.15) is 7.14 Å². The van der Waals surface area contributed by atoms with Crippen LogP contribution in [0, 0.1) is 0 Å². The van der Waals surface area contributed by atoms with Gasteiger partial charge in [0.15, 0.2) is 0 Å². The van der Waals surface area contributed by atoms with Crippen LogP contribution in [0.5, 0.6) is 0 Å². The van der Waals surface area contributed by atoms with Gasteiger partial charge in [-0.3, -0.25) is 0 Å². The van der Waals surface area contributed by atoms with Gasteiger partial charge in [0.05, 0.1) is 0 Å². The van der Waals surface area contributed by atoms with Crippen molar-refractivity contribution in [1.82, 2.24) is 4.90 Å². The van der Waals surface area contributed by atoms with Gasteiger partial charge in [-0.2, -0.15) is 0 Å². The summed E-state index contributed by atoms with van der Waals surface area (Å²) in [4.78, 5) is 2.44. The molecule has 0 unspecified atom stereocenters. The molecular weight excluding hydrogens is 277 g/mol. The molecule has 0 amide bonds. The van der Waals surface area contributed by atoms with Gasteiger partial charge >= 0.3 is 0 Å². The second-order valence-corrected chi connectivity index (χ2v) is 8.64. The molecular formula is C18H22NOP. The molecule has 21 heavy (non-hydrogen) atoms. The minimum atomic E-state index is -2.52. The number of likely N-dealkylation sites (tertiary alicyclic amines) is 1. The molecule has 0 aliphatic carbocycles. The first-order valence-corrected chi connectivity index (χ1v) is 9.61. The molecule has 3 heteroatoms. The standard InChI is InChI=1S/C18H22NOP/c20-21(17-9-3-1-4-10-17,18-11-5-2-6-12-18)16-15-19-13-7-8-14-19/h1-6,9-12H,7-8,13-16H2. The maximum absolute atomic E-state index is 13.7. The Labute approximate surface area is 127 Å². The molecule has 0 saturated carbocycles. The van der Waals surface area contributed by atoms with E-state index in [1.165, 1.54) is 12.8 Å². The van der Waals surface area contributed by atoms with Crippen molar-refractivity contribution in [1.29, 1.82) is 0 Å². The summed E-state index contributed by atoms with van der Waals surface area (Å²) in [6.45, 7) is 3.24. The molecule has 1 fully saturated rings. The smallest absolute Gasteiger partial charge is 0.144 e. The van der Waals surface area contributed by atoms with Crippen molar-refractivity contribution in [3.63, 3.8) is 0 Å². The fourth-order valence-corrected chi connectivity index (χ4v) is 5.72. The highest BCUT2D eigenvalue weighted by atomic mass is 31.2. The maximum atomic E-state index is 13.7. The van der Waals surface area contributed by atoms with Crippen LogP contribution in [-0.2, 0) is 4.57 Å². The third kappa shape index (κ3) is 3.28. The van der Waals surface area contributed by atoms with Crippen molar-refractivity contribution in [2.24, 2.45) is 0 Å². The molecule has 2 aromatic carbocycles. The van der Waals surface area contributed by atoms with Crippen LogP contribution in [0.2, 0.25) is 0 Å². The lowest BCUT2D eigenvalue weighted by Gasteiger charge is -2.22. The van der Waals surface area contributed by atoms with Crippen LogP contribution in [0.3, 0.4) is 0 Å². The highest BCUT2D eigenvalue weighted by molar-refractivity contribution is 7.78. The predicted molar refractivity (Wildman–Crippen MR) is 90.3 cm³/mol. The molecule has 0 spiro atoms. The van der Waals surface area contributed by atoms with E-state index in [0.29, 0.717) is 0 Å². The van der Waals surface area contributed by atoms with Crippen molar-refractivity contribution in [3.05, 3.63) is 60.7 Å². The van der Waals surface area contributed by atoms with Crippen LogP contribution in [0.4, 0.5) is 0 Å².